The fourth-order valence-electron chi connectivity index (χ4n) is 1.96. The molecule has 1 unspecified atom stereocenters. The Hall–Kier alpha value is -2.38. The molecular formula is C17H17FN2O. The first kappa shape index (κ1) is 15.0. The largest absolute Gasteiger partial charge is 0.489 e. The van der Waals surface area contributed by atoms with Crippen molar-refractivity contribution in [2.45, 2.75) is 26.0 Å². The van der Waals surface area contributed by atoms with E-state index in [0.717, 1.165) is 17.5 Å². The number of ether oxygens (including phenoxy) is 1. The highest BCUT2D eigenvalue weighted by molar-refractivity contribution is 5.35. The van der Waals surface area contributed by atoms with Crippen molar-refractivity contribution in [2.75, 3.05) is 0 Å². The zero-order valence-corrected chi connectivity index (χ0v) is 11.8. The van der Waals surface area contributed by atoms with Crippen LogP contribution in [0.1, 0.15) is 36.1 Å². The van der Waals surface area contributed by atoms with Crippen LogP contribution in [0.25, 0.3) is 0 Å². The lowest BCUT2D eigenvalue weighted by atomic mass is 10.1. The van der Waals surface area contributed by atoms with E-state index in [4.69, 9.17) is 15.7 Å². The van der Waals surface area contributed by atoms with Crippen molar-refractivity contribution >= 4 is 0 Å². The van der Waals surface area contributed by atoms with E-state index in [2.05, 4.69) is 0 Å². The number of rotatable bonds is 5. The molecule has 2 aromatic carbocycles. The number of hydrogen-bond acceptors (Lipinski definition) is 3. The van der Waals surface area contributed by atoms with Crippen LogP contribution in [0, 0.1) is 17.1 Å². The summed E-state index contributed by atoms with van der Waals surface area (Å²) in [5.74, 6) is 0.198. The maximum absolute atomic E-state index is 13.2. The molecule has 0 heterocycles. The normalized spacial score (nSPS) is 11.7. The van der Waals surface area contributed by atoms with Crippen LogP contribution in [0.4, 0.5) is 4.39 Å². The van der Waals surface area contributed by atoms with Gasteiger partial charge in [0, 0.05) is 6.04 Å². The SMILES string of the molecule is CCC(N)c1ccc(OCc2ccc(F)c(C#N)c2)cc1. The molecule has 0 aliphatic rings. The van der Waals surface area contributed by atoms with Gasteiger partial charge in [-0.15, -0.1) is 0 Å². The minimum absolute atomic E-state index is 0.0281. The average molecular weight is 284 g/mol. The Morgan fingerprint density at radius 3 is 2.57 bits per heavy atom. The van der Waals surface area contributed by atoms with Crippen LogP contribution in [-0.2, 0) is 6.61 Å². The summed E-state index contributed by atoms with van der Waals surface area (Å²) in [6, 6.07) is 13.8. The van der Waals surface area contributed by atoms with Crippen LogP contribution < -0.4 is 10.5 Å². The number of nitriles is 1. The topological polar surface area (TPSA) is 59.0 Å². The molecule has 0 amide bonds. The van der Waals surface area contributed by atoms with Crippen molar-refractivity contribution in [3.05, 3.63) is 65.0 Å². The molecule has 4 heteroatoms. The Morgan fingerprint density at radius 1 is 1.24 bits per heavy atom. The Morgan fingerprint density at radius 2 is 1.95 bits per heavy atom. The van der Waals surface area contributed by atoms with E-state index in [0.29, 0.717) is 5.75 Å². The lowest BCUT2D eigenvalue weighted by Crippen LogP contribution is -2.08. The van der Waals surface area contributed by atoms with Gasteiger partial charge in [-0.05, 0) is 41.8 Å². The molecule has 0 radical (unpaired) electrons. The van der Waals surface area contributed by atoms with E-state index in [9.17, 15) is 4.39 Å². The summed E-state index contributed by atoms with van der Waals surface area (Å²) in [6.07, 6.45) is 0.882. The van der Waals surface area contributed by atoms with Gasteiger partial charge in [0.05, 0.1) is 5.56 Å². The summed E-state index contributed by atoms with van der Waals surface area (Å²) in [6.45, 7) is 2.32. The molecule has 2 aromatic rings. The molecule has 2 rings (SSSR count). The monoisotopic (exact) mass is 284 g/mol. The van der Waals surface area contributed by atoms with Crippen molar-refractivity contribution in [1.29, 1.82) is 5.26 Å². The quantitative estimate of drug-likeness (QED) is 0.911. The predicted octanol–water partition coefficient (Wildman–Crippen LogP) is 3.69. The van der Waals surface area contributed by atoms with Crippen LogP contribution in [0.3, 0.4) is 0 Å². The van der Waals surface area contributed by atoms with Crippen molar-refractivity contribution in [3.63, 3.8) is 0 Å². The molecule has 21 heavy (non-hydrogen) atoms. The number of nitrogens with zero attached hydrogens (tertiary/aromatic N) is 1. The Balaban J connectivity index is 2.02. The van der Waals surface area contributed by atoms with Gasteiger partial charge in [0.1, 0.15) is 24.2 Å². The van der Waals surface area contributed by atoms with E-state index < -0.39 is 5.82 Å². The van der Waals surface area contributed by atoms with Crippen LogP contribution in [0.5, 0.6) is 5.75 Å². The smallest absolute Gasteiger partial charge is 0.140 e. The van der Waals surface area contributed by atoms with Crippen LogP contribution in [-0.4, -0.2) is 0 Å². The first-order chi connectivity index (χ1) is 10.1. The van der Waals surface area contributed by atoms with Gasteiger partial charge in [-0.25, -0.2) is 4.39 Å². The highest BCUT2D eigenvalue weighted by atomic mass is 19.1. The maximum atomic E-state index is 13.2. The minimum atomic E-state index is -0.515. The molecule has 0 aliphatic heterocycles. The summed E-state index contributed by atoms with van der Waals surface area (Å²) in [7, 11) is 0. The fourth-order valence-corrected chi connectivity index (χ4v) is 1.96. The first-order valence-electron chi connectivity index (χ1n) is 6.81. The van der Waals surface area contributed by atoms with Gasteiger partial charge in [-0.2, -0.15) is 5.26 Å². The number of halogens is 1. The third kappa shape index (κ3) is 3.80. The lowest BCUT2D eigenvalue weighted by molar-refractivity contribution is 0.306. The maximum Gasteiger partial charge on any atom is 0.140 e. The van der Waals surface area contributed by atoms with E-state index in [1.165, 1.54) is 12.1 Å². The van der Waals surface area contributed by atoms with Crippen molar-refractivity contribution in [1.82, 2.24) is 0 Å². The van der Waals surface area contributed by atoms with Crippen molar-refractivity contribution in [3.8, 4) is 11.8 Å². The zero-order valence-electron chi connectivity index (χ0n) is 11.8. The molecule has 0 saturated heterocycles. The molecule has 2 N–H and O–H groups in total. The zero-order chi connectivity index (χ0) is 15.2. The van der Waals surface area contributed by atoms with Gasteiger partial charge in [-0.1, -0.05) is 25.1 Å². The van der Waals surface area contributed by atoms with Gasteiger partial charge >= 0.3 is 0 Å². The summed E-state index contributed by atoms with van der Waals surface area (Å²) in [4.78, 5) is 0. The van der Waals surface area contributed by atoms with E-state index in [1.807, 2.05) is 37.3 Å². The molecule has 0 aromatic heterocycles. The van der Waals surface area contributed by atoms with Crippen LogP contribution in [0.15, 0.2) is 42.5 Å². The van der Waals surface area contributed by atoms with Gasteiger partial charge in [0.15, 0.2) is 0 Å². The van der Waals surface area contributed by atoms with Crippen molar-refractivity contribution in [2.24, 2.45) is 5.73 Å². The number of nitrogens with two attached hydrogens (primary N) is 1. The Kier molecular flexibility index (Phi) is 4.91. The fraction of sp³-hybridized carbons (Fsp3) is 0.235. The van der Waals surface area contributed by atoms with Gasteiger partial charge in [0.2, 0.25) is 0 Å². The summed E-state index contributed by atoms with van der Waals surface area (Å²) in [5.41, 5.74) is 7.80. The predicted molar refractivity (Wildman–Crippen MR) is 79.1 cm³/mol. The Labute approximate surface area is 123 Å². The molecule has 0 bridgehead atoms. The molecular weight excluding hydrogens is 267 g/mol. The molecule has 0 saturated carbocycles. The van der Waals surface area contributed by atoms with Gasteiger partial charge in [0.25, 0.3) is 0 Å². The molecule has 0 fully saturated rings. The standard InChI is InChI=1S/C17H17FN2O/c1-2-17(20)13-4-6-15(7-5-13)21-11-12-3-8-16(18)14(9-12)10-19/h3-9,17H,2,11,20H2,1H3. The Bertz CT molecular complexity index is 647. The molecule has 0 aliphatic carbocycles. The third-order valence-electron chi connectivity index (χ3n) is 3.30. The summed E-state index contributed by atoms with van der Waals surface area (Å²) in [5, 5.41) is 8.79. The average Bonchev–Trinajstić information content (AvgIpc) is 2.53. The second kappa shape index (κ2) is 6.87. The van der Waals surface area contributed by atoms with Crippen LogP contribution in [0.2, 0.25) is 0 Å². The highest BCUT2D eigenvalue weighted by Crippen LogP contribution is 2.19. The molecule has 3 nitrogen and oxygen atoms in total. The van der Waals surface area contributed by atoms with Crippen molar-refractivity contribution < 1.29 is 9.13 Å². The third-order valence-corrected chi connectivity index (χ3v) is 3.30. The first-order valence-corrected chi connectivity index (χ1v) is 6.81. The van der Waals surface area contributed by atoms with E-state index >= 15 is 0 Å². The summed E-state index contributed by atoms with van der Waals surface area (Å²) >= 11 is 0. The second-order valence-electron chi connectivity index (χ2n) is 4.80. The lowest BCUT2D eigenvalue weighted by Gasteiger charge is -2.11. The molecule has 1 atom stereocenters. The number of benzene rings is 2. The molecule has 108 valence electrons. The number of hydrogen-bond donors (Lipinski definition) is 1. The highest BCUT2D eigenvalue weighted by Gasteiger charge is 2.05. The minimum Gasteiger partial charge on any atom is -0.489 e. The van der Waals surface area contributed by atoms with Gasteiger partial charge < -0.3 is 10.5 Å². The van der Waals surface area contributed by atoms with Crippen LogP contribution >= 0.6 is 0 Å². The van der Waals surface area contributed by atoms with E-state index in [1.54, 1.807) is 6.07 Å². The second-order valence-corrected chi connectivity index (χ2v) is 4.80. The summed E-state index contributed by atoms with van der Waals surface area (Å²) < 4.78 is 18.8. The van der Waals surface area contributed by atoms with E-state index in [-0.39, 0.29) is 18.2 Å². The van der Waals surface area contributed by atoms with Gasteiger partial charge in [-0.3, -0.25) is 0 Å². The molecule has 0 spiro atoms.